The van der Waals surface area contributed by atoms with E-state index in [0.717, 1.165) is 17.0 Å². The van der Waals surface area contributed by atoms with Gasteiger partial charge in [-0.15, -0.1) is 11.3 Å². The summed E-state index contributed by atoms with van der Waals surface area (Å²) in [6.07, 6.45) is 1.32. The molecular weight excluding hydrogens is 480 g/mol. The van der Waals surface area contributed by atoms with Gasteiger partial charge in [0.15, 0.2) is 0 Å². The summed E-state index contributed by atoms with van der Waals surface area (Å²) in [5.74, 6) is -0.218. The number of fused-ring (bicyclic) bond motifs is 1. The van der Waals surface area contributed by atoms with Crippen LogP contribution in [0.4, 0.5) is 11.4 Å². The molecule has 0 saturated heterocycles. The molecule has 0 unspecified atom stereocenters. The molecule has 0 bridgehead atoms. The topological polar surface area (TPSA) is 103 Å². The van der Waals surface area contributed by atoms with Gasteiger partial charge >= 0.3 is 5.97 Å². The molecule has 4 rings (SSSR count). The summed E-state index contributed by atoms with van der Waals surface area (Å²) in [5.41, 5.74) is 1.72. The first-order valence-electron chi connectivity index (χ1n) is 11.2. The lowest BCUT2D eigenvalue weighted by Gasteiger charge is -2.13. The van der Waals surface area contributed by atoms with Crippen molar-refractivity contribution in [3.05, 3.63) is 81.7 Å². The SMILES string of the molecule is Cc1c(C(=O)OCCOc2ccccc2)sc2ncn(CC(=O)Nc3ccc(N(C)C)cc3)c(=O)c12. The monoisotopic (exact) mass is 506 g/mol. The lowest BCUT2D eigenvalue weighted by molar-refractivity contribution is -0.116. The average molecular weight is 507 g/mol. The first-order valence-corrected chi connectivity index (χ1v) is 12.1. The number of aromatic nitrogens is 2. The fraction of sp³-hybridized carbons (Fsp3) is 0.231. The Bertz CT molecular complexity index is 1430. The molecule has 0 aliphatic carbocycles. The standard InChI is InChI=1S/C26H26N4O5S/c1-17-22-24(36-23(17)26(33)35-14-13-34-20-7-5-4-6-8-20)27-16-30(25(22)32)15-21(31)28-18-9-11-19(12-10-18)29(2)3/h4-12,16H,13-15H2,1-3H3,(H,28,31). The number of nitrogens with zero attached hydrogens (tertiary/aromatic N) is 3. The highest BCUT2D eigenvalue weighted by Crippen LogP contribution is 2.27. The van der Waals surface area contributed by atoms with Crippen molar-refractivity contribution < 1.29 is 19.1 Å². The fourth-order valence-electron chi connectivity index (χ4n) is 3.54. The highest BCUT2D eigenvalue weighted by molar-refractivity contribution is 7.20. The highest BCUT2D eigenvalue weighted by atomic mass is 32.1. The molecule has 10 heteroatoms. The summed E-state index contributed by atoms with van der Waals surface area (Å²) in [6, 6.07) is 16.6. The molecule has 186 valence electrons. The van der Waals surface area contributed by atoms with E-state index in [4.69, 9.17) is 9.47 Å². The lowest BCUT2D eigenvalue weighted by Crippen LogP contribution is -2.28. The number of aryl methyl sites for hydroxylation is 1. The Balaban J connectivity index is 1.41. The van der Waals surface area contributed by atoms with E-state index < -0.39 is 11.5 Å². The Morgan fingerprint density at radius 1 is 1.06 bits per heavy atom. The number of para-hydroxylation sites is 1. The van der Waals surface area contributed by atoms with E-state index in [1.807, 2.05) is 61.5 Å². The molecule has 2 aromatic heterocycles. The minimum atomic E-state index is -0.544. The zero-order chi connectivity index (χ0) is 25.7. The van der Waals surface area contributed by atoms with Crippen LogP contribution in [-0.4, -0.2) is 48.7 Å². The van der Waals surface area contributed by atoms with Crippen molar-refractivity contribution in [2.24, 2.45) is 0 Å². The first kappa shape index (κ1) is 24.9. The second-order valence-electron chi connectivity index (χ2n) is 8.20. The van der Waals surface area contributed by atoms with Crippen molar-refractivity contribution in [3.63, 3.8) is 0 Å². The van der Waals surface area contributed by atoms with Gasteiger partial charge in [0.05, 0.1) is 11.7 Å². The van der Waals surface area contributed by atoms with E-state index in [9.17, 15) is 14.4 Å². The van der Waals surface area contributed by atoms with E-state index in [-0.39, 0.29) is 25.7 Å². The van der Waals surface area contributed by atoms with Crippen LogP contribution in [0.25, 0.3) is 10.2 Å². The molecule has 0 spiro atoms. The van der Waals surface area contributed by atoms with E-state index in [0.29, 0.717) is 32.1 Å². The third kappa shape index (κ3) is 5.72. The van der Waals surface area contributed by atoms with Gasteiger partial charge in [-0.25, -0.2) is 9.78 Å². The summed E-state index contributed by atoms with van der Waals surface area (Å²) < 4.78 is 12.1. The largest absolute Gasteiger partial charge is 0.490 e. The molecular formula is C26H26N4O5S. The van der Waals surface area contributed by atoms with Crippen LogP contribution in [0.1, 0.15) is 15.2 Å². The second kappa shape index (κ2) is 11.0. The van der Waals surface area contributed by atoms with Crippen molar-refractivity contribution in [1.29, 1.82) is 0 Å². The Morgan fingerprint density at radius 2 is 1.78 bits per heavy atom. The Labute approximate surface area is 211 Å². The quantitative estimate of drug-likeness (QED) is 0.273. The van der Waals surface area contributed by atoms with Crippen molar-refractivity contribution in [2.45, 2.75) is 13.5 Å². The number of carbonyl (C=O) groups excluding carboxylic acids is 2. The molecule has 2 aromatic carbocycles. The minimum Gasteiger partial charge on any atom is -0.490 e. The number of amides is 1. The number of esters is 1. The van der Waals surface area contributed by atoms with Gasteiger partial charge < -0.3 is 19.7 Å². The van der Waals surface area contributed by atoms with Crippen LogP contribution >= 0.6 is 11.3 Å². The summed E-state index contributed by atoms with van der Waals surface area (Å²) in [5, 5.41) is 3.09. The number of benzene rings is 2. The molecule has 2 heterocycles. The predicted octanol–water partition coefficient (Wildman–Crippen LogP) is 3.71. The molecule has 0 aliphatic heterocycles. The number of hydrogen-bond donors (Lipinski definition) is 1. The highest BCUT2D eigenvalue weighted by Gasteiger charge is 2.21. The lowest BCUT2D eigenvalue weighted by atomic mass is 10.2. The molecule has 36 heavy (non-hydrogen) atoms. The summed E-state index contributed by atoms with van der Waals surface area (Å²) >= 11 is 1.09. The molecule has 0 saturated carbocycles. The molecule has 4 aromatic rings. The minimum absolute atomic E-state index is 0.0643. The summed E-state index contributed by atoms with van der Waals surface area (Å²) in [6.45, 7) is 1.74. The van der Waals surface area contributed by atoms with Crippen LogP contribution in [0, 0.1) is 6.92 Å². The molecule has 1 amide bonds. The van der Waals surface area contributed by atoms with E-state index in [1.165, 1.54) is 10.9 Å². The predicted molar refractivity (Wildman–Crippen MR) is 140 cm³/mol. The number of anilines is 2. The average Bonchev–Trinajstić information content (AvgIpc) is 3.21. The third-order valence-corrected chi connectivity index (χ3v) is 6.59. The molecule has 1 N–H and O–H groups in total. The number of rotatable bonds is 9. The maximum Gasteiger partial charge on any atom is 0.348 e. The van der Waals surface area contributed by atoms with Crippen LogP contribution in [0.3, 0.4) is 0 Å². The zero-order valence-electron chi connectivity index (χ0n) is 20.2. The van der Waals surface area contributed by atoms with E-state index in [2.05, 4.69) is 10.3 Å². The smallest absolute Gasteiger partial charge is 0.348 e. The van der Waals surface area contributed by atoms with Crippen molar-refractivity contribution in [3.8, 4) is 5.75 Å². The van der Waals surface area contributed by atoms with Crippen LogP contribution in [0.15, 0.2) is 65.7 Å². The van der Waals surface area contributed by atoms with Crippen molar-refractivity contribution in [2.75, 3.05) is 37.5 Å². The Kier molecular flexibility index (Phi) is 7.65. The maximum absolute atomic E-state index is 13.1. The van der Waals surface area contributed by atoms with Crippen molar-refractivity contribution in [1.82, 2.24) is 9.55 Å². The van der Waals surface area contributed by atoms with Gasteiger partial charge in [0.2, 0.25) is 5.91 Å². The Morgan fingerprint density at radius 3 is 2.47 bits per heavy atom. The van der Waals surface area contributed by atoms with Crippen LogP contribution in [-0.2, 0) is 16.1 Å². The van der Waals surface area contributed by atoms with Crippen LogP contribution in [0.5, 0.6) is 5.75 Å². The van der Waals surface area contributed by atoms with Gasteiger partial charge in [-0.05, 0) is 48.9 Å². The molecule has 0 radical (unpaired) electrons. The van der Waals surface area contributed by atoms with Crippen LogP contribution < -0.4 is 20.5 Å². The van der Waals surface area contributed by atoms with E-state index in [1.54, 1.807) is 19.1 Å². The van der Waals surface area contributed by atoms with E-state index >= 15 is 0 Å². The molecule has 0 atom stereocenters. The van der Waals surface area contributed by atoms with Gasteiger partial charge in [0, 0.05) is 25.5 Å². The van der Waals surface area contributed by atoms with Gasteiger partial charge in [-0.1, -0.05) is 18.2 Å². The Hall–Kier alpha value is -4.18. The van der Waals surface area contributed by atoms with Gasteiger partial charge in [0.1, 0.15) is 35.2 Å². The van der Waals surface area contributed by atoms with Crippen molar-refractivity contribution >= 4 is 44.8 Å². The first-order chi connectivity index (χ1) is 17.3. The number of nitrogens with one attached hydrogen (secondary N) is 1. The molecule has 0 fully saturated rings. The molecule has 9 nitrogen and oxygen atoms in total. The number of thiophene rings is 1. The maximum atomic E-state index is 13.1. The third-order valence-electron chi connectivity index (χ3n) is 5.41. The summed E-state index contributed by atoms with van der Waals surface area (Å²) in [4.78, 5) is 45.2. The fourth-order valence-corrected chi connectivity index (χ4v) is 4.57. The normalized spacial score (nSPS) is 10.8. The zero-order valence-corrected chi connectivity index (χ0v) is 21.0. The van der Waals surface area contributed by atoms with Gasteiger partial charge in [-0.2, -0.15) is 0 Å². The molecule has 0 aliphatic rings. The number of hydrogen-bond acceptors (Lipinski definition) is 8. The number of carbonyl (C=O) groups is 2. The summed E-state index contributed by atoms with van der Waals surface area (Å²) in [7, 11) is 3.86. The van der Waals surface area contributed by atoms with Gasteiger partial charge in [0.25, 0.3) is 5.56 Å². The van der Waals surface area contributed by atoms with Gasteiger partial charge in [-0.3, -0.25) is 14.2 Å². The number of ether oxygens (including phenoxy) is 2. The van der Waals surface area contributed by atoms with Crippen LogP contribution in [0.2, 0.25) is 0 Å². The second-order valence-corrected chi connectivity index (χ2v) is 9.20.